The molecule has 0 aliphatic carbocycles. The first kappa shape index (κ1) is 9.55. The van der Waals surface area contributed by atoms with Crippen LogP contribution in [0.25, 0.3) is 0 Å². The summed E-state index contributed by atoms with van der Waals surface area (Å²) >= 11 is 0. The molecule has 1 heterocycles. The van der Waals surface area contributed by atoms with Crippen LogP contribution in [0.1, 0.15) is 26.2 Å². The summed E-state index contributed by atoms with van der Waals surface area (Å²) in [6.07, 6.45) is 2.65. The molecule has 0 radical (unpaired) electrons. The van der Waals surface area contributed by atoms with E-state index in [-0.39, 0.29) is 0 Å². The van der Waals surface area contributed by atoms with Gasteiger partial charge in [-0.25, -0.2) is 0 Å². The predicted molar refractivity (Wildman–Crippen MR) is 45.6 cm³/mol. The molecule has 2 atom stereocenters. The maximum absolute atomic E-state index is 9.51. The monoisotopic (exact) mass is 172 g/mol. The van der Waals surface area contributed by atoms with E-state index in [0.29, 0.717) is 18.8 Å². The second-order valence-corrected chi connectivity index (χ2v) is 3.04. The Kier molecular flexibility index (Phi) is 3.56. The average Bonchev–Trinajstić information content (AvgIpc) is 2.55. The molecule has 1 aliphatic heterocycles. The summed E-state index contributed by atoms with van der Waals surface area (Å²) in [7, 11) is 0. The van der Waals surface area contributed by atoms with Gasteiger partial charge in [-0.2, -0.15) is 0 Å². The number of hydrogen-bond donors (Lipinski definition) is 2. The van der Waals surface area contributed by atoms with Gasteiger partial charge in [0, 0.05) is 6.42 Å². The Morgan fingerprint density at radius 2 is 2.33 bits per heavy atom. The van der Waals surface area contributed by atoms with Crippen LogP contribution in [0, 0.1) is 0 Å². The van der Waals surface area contributed by atoms with Crippen molar-refractivity contribution in [2.24, 2.45) is 0 Å². The van der Waals surface area contributed by atoms with Crippen molar-refractivity contribution in [2.75, 3.05) is 6.61 Å². The molecule has 3 heteroatoms. The van der Waals surface area contributed by atoms with Gasteiger partial charge >= 0.3 is 0 Å². The van der Waals surface area contributed by atoms with E-state index in [4.69, 9.17) is 4.74 Å². The summed E-state index contributed by atoms with van der Waals surface area (Å²) in [5.41, 5.74) is 0. The van der Waals surface area contributed by atoms with Crippen LogP contribution in [0.5, 0.6) is 0 Å². The molecule has 1 rings (SSSR count). The third-order valence-electron chi connectivity index (χ3n) is 1.97. The van der Waals surface area contributed by atoms with Gasteiger partial charge in [-0.15, -0.1) is 0 Å². The van der Waals surface area contributed by atoms with Crippen molar-refractivity contribution in [2.45, 2.75) is 38.4 Å². The van der Waals surface area contributed by atoms with E-state index in [2.05, 4.69) is 0 Å². The Morgan fingerprint density at radius 3 is 2.83 bits per heavy atom. The Morgan fingerprint density at radius 1 is 1.58 bits per heavy atom. The maximum atomic E-state index is 9.51. The van der Waals surface area contributed by atoms with E-state index in [1.807, 2.05) is 13.0 Å². The Balaban J connectivity index is 2.39. The van der Waals surface area contributed by atoms with Crippen molar-refractivity contribution in [3.05, 3.63) is 11.8 Å². The van der Waals surface area contributed by atoms with Gasteiger partial charge in [-0.1, -0.05) is 13.3 Å². The first-order chi connectivity index (χ1) is 5.75. The van der Waals surface area contributed by atoms with E-state index in [9.17, 15) is 10.2 Å². The molecule has 70 valence electrons. The molecule has 0 spiro atoms. The number of rotatable bonds is 4. The summed E-state index contributed by atoms with van der Waals surface area (Å²) in [4.78, 5) is 0. The molecule has 1 aliphatic rings. The summed E-state index contributed by atoms with van der Waals surface area (Å²) in [6, 6.07) is 0. The summed E-state index contributed by atoms with van der Waals surface area (Å²) in [6.45, 7) is 2.60. The lowest BCUT2D eigenvalue weighted by molar-refractivity contribution is 0.00439. The topological polar surface area (TPSA) is 49.7 Å². The fraction of sp³-hybridized carbons (Fsp3) is 0.778. The van der Waals surface area contributed by atoms with Gasteiger partial charge in [0.1, 0.15) is 11.9 Å². The Bertz CT molecular complexity index is 165. The van der Waals surface area contributed by atoms with Crippen LogP contribution in [0.3, 0.4) is 0 Å². The molecule has 0 aromatic carbocycles. The molecule has 0 amide bonds. The van der Waals surface area contributed by atoms with Crippen molar-refractivity contribution in [3.8, 4) is 0 Å². The molecule has 0 aromatic rings. The zero-order valence-electron chi connectivity index (χ0n) is 7.36. The lowest BCUT2D eigenvalue weighted by atomic mass is 10.1. The van der Waals surface area contributed by atoms with Crippen molar-refractivity contribution in [1.82, 2.24) is 0 Å². The third kappa shape index (κ3) is 2.22. The van der Waals surface area contributed by atoms with Gasteiger partial charge in [0.05, 0.1) is 12.7 Å². The molecule has 0 fully saturated rings. The van der Waals surface area contributed by atoms with Gasteiger partial charge in [-0.05, 0) is 12.5 Å². The second-order valence-electron chi connectivity index (χ2n) is 3.04. The van der Waals surface area contributed by atoms with E-state index in [0.717, 1.165) is 12.8 Å². The van der Waals surface area contributed by atoms with Gasteiger partial charge in [0.15, 0.2) is 0 Å². The van der Waals surface area contributed by atoms with Crippen LogP contribution in [0.4, 0.5) is 0 Å². The first-order valence-electron chi connectivity index (χ1n) is 4.44. The Labute approximate surface area is 72.7 Å². The highest BCUT2D eigenvalue weighted by molar-refractivity contribution is 5.05. The minimum atomic E-state index is -0.826. The molecular weight excluding hydrogens is 156 g/mol. The second kappa shape index (κ2) is 4.48. The van der Waals surface area contributed by atoms with E-state index < -0.39 is 12.2 Å². The standard InChI is InChI=1S/C9H16O3/c1-2-4-7(10)9(11)8-5-3-6-12-8/h5,7,9-11H,2-4,6H2,1H3. The molecule has 0 saturated carbocycles. The molecule has 2 unspecified atom stereocenters. The lowest BCUT2D eigenvalue weighted by Gasteiger charge is -2.17. The van der Waals surface area contributed by atoms with Gasteiger partial charge in [0.2, 0.25) is 0 Å². The van der Waals surface area contributed by atoms with E-state index in [1.54, 1.807) is 0 Å². The predicted octanol–water partition coefficient (Wildman–Crippen LogP) is 0.812. The minimum Gasteiger partial charge on any atom is -0.495 e. The van der Waals surface area contributed by atoms with Crippen LogP contribution < -0.4 is 0 Å². The minimum absolute atomic E-state index is 0.538. The van der Waals surface area contributed by atoms with Crippen LogP contribution >= 0.6 is 0 Å². The Hall–Kier alpha value is -0.540. The zero-order chi connectivity index (χ0) is 8.97. The fourth-order valence-corrected chi connectivity index (χ4v) is 1.29. The fourth-order valence-electron chi connectivity index (χ4n) is 1.29. The molecule has 0 bridgehead atoms. The summed E-state index contributed by atoms with van der Waals surface area (Å²) < 4.78 is 5.13. The summed E-state index contributed by atoms with van der Waals surface area (Å²) in [5.74, 6) is 0.538. The van der Waals surface area contributed by atoms with Crippen LogP contribution in [-0.2, 0) is 4.74 Å². The highest BCUT2D eigenvalue weighted by Gasteiger charge is 2.22. The molecule has 2 N–H and O–H groups in total. The van der Waals surface area contributed by atoms with E-state index >= 15 is 0 Å². The zero-order valence-corrected chi connectivity index (χ0v) is 7.36. The number of hydrogen-bond acceptors (Lipinski definition) is 3. The van der Waals surface area contributed by atoms with E-state index in [1.165, 1.54) is 0 Å². The van der Waals surface area contributed by atoms with Gasteiger partial charge in [0.25, 0.3) is 0 Å². The smallest absolute Gasteiger partial charge is 0.136 e. The van der Waals surface area contributed by atoms with Gasteiger partial charge < -0.3 is 14.9 Å². The molecule has 0 aromatic heterocycles. The van der Waals surface area contributed by atoms with Crippen LogP contribution in [-0.4, -0.2) is 29.0 Å². The van der Waals surface area contributed by atoms with Crippen molar-refractivity contribution >= 4 is 0 Å². The molecular formula is C9H16O3. The number of ether oxygens (including phenoxy) is 1. The number of aliphatic hydroxyl groups is 2. The largest absolute Gasteiger partial charge is 0.495 e. The van der Waals surface area contributed by atoms with Crippen LogP contribution in [0.15, 0.2) is 11.8 Å². The highest BCUT2D eigenvalue weighted by Crippen LogP contribution is 2.17. The van der Waals surface area contributed by atoms with Gasteiger partial charge in [-0.3, -0.25) is 0 Å². The first-order valence-corrected chi connectivity index (χ1v) is 4.44. The quantitative estimate of drug-likeness (QED) is 0.659. The van der Waals surface area contributed by atoms with Crippen molar-refractivity contribution in [1.29, 1.82) is 0 Å². The lowest BCUT2D eigenvalue weighted by Crippen LogP contribution is -2.27. The normalized spacial score (nSPS) is 21.4. The number of aliphatic hydroxyl groups excluding tert-OH is 2. The SMILES string of the molecule is CCCC(O)C(O)C1=CCCO1. The third-order valence-corrected chi connectivity index (χ3v) is 1.97. The molecule has 0 saturated heterocycles. The van der Waals surface area contributed by atoms with Crippen LogP contribution in [0.2, 0.25) is 0 Å². The van der Waals surface area contributed by atoms with Crippen molar-refractivity contribution in [3.63, 3.8) is 0 Å². The van der Waals surface area contributed by atoms with Crippen molar-refractivity contribution < 1.29 is 14.9 Å². The average molecular weight is 172 g/mol. The highest BCUT2D eigenvalue weighted by atomic mass is 16.5. The summed E-state index contributed by atoms with van der Waals surface area (Å²) in [5, 5.41) is 18.9. The maximum Gasteiger partial charge on any atom is 0.136 e. The molecule has 12 heavy (non-hydrogen) atoms. The molecule has 3 nitrogen and oxygen atoms in total.